The topological polar surface area (TPSA) is 23.8 Å². The van der Waals surface area contributed by atoms with Crippen LogP contribution in [-0.2, 0) is 0 Å². The molecule has 0 bridgehead atoms. The summed E-state index contributed by atoms with van der Waals surface area (Å²) in [4.78, 5) is 0. The van der Waals surface area contributed by atoms with Crippen LogP contribution in [0, 0.1) is 46.7 Å². The summed E-state index contributed by atoms with van der Waals surface area (Å²) >= 11 is 0. The van der Waals surface area contributed by atoms with Gasteiger partial charge < -0.3 is 0 Å². The third-order valence-corrected chi connectivity index (χ3v) is 8.77. The van der Waals surface area contributed by atoms with Crippen LogP contribution in [0.25, 0.3) is 0 Å². The van der Waals surface area contributed by atoms with E-state index >= 15 is 0 Å². The molecule has 30 heavy (non-hydrogen) atoms. The second-order valence-electron chi connectivity index (χ2n) is 10.4. The number of nitriles is 1. The lowest BCUT2D eigenvalue weighted by molar-refractivity contribution is 0.0713. The fraction of sp³-hybridized carbons (Fsp3) is 0.679. The molecular formula is C28H38FN. The number of hydrogen-bond acceptors (Lipinski definition) is 1. The number of rotatable bonds is 5. The van der Waals surface area contributed by atoms with Crippen LogP contribution in [0.3, 0.4) is 0 Å². The molecule has 0 amide bonds. The Balaban J connectivity index is 1.27. The minimum absolute atomic E-state index is 0.171. The number of hydrogen-bond donors (Lipinski definition) is 0. The number of benzene rings is 1. The van der Waals surface area contributed by atoms with Crippen molar-refractivity contribution in [1.82, 2.24) is 0 Å². The summed E-state index contributed by atoms with van der Waals surface area (Å²) in [6.07, 6.45) is 21.0. The van der Waals surface area contributed by atoms with Gasteiger partial charge in [-0.15, -0.1) is 0 Å². The summed E-state index contributed by atoms with van der Waals surface area (Å²) in [5.74, 6) is 4.78. The monoisotopic (exact) mass is 407 g/mol. The first-order valence-electron chi connectivity index (χ1n) is 12.5. The van der Waals surface area contributed by atoms with Crippen molar-refractivity contribution in [3.63, 3.8) is 0 Å². The van der Waals surface area contributed by atoms with Gasteiger partial charge in [0.05, 0.1) is 5.56 Å². The molecule has 4 rings (SSSR count). The molecule has 0 aromatic heterocycles. The van der Waals surface area contributed by atoms with E-state index in [1.807, 2.05) is 12.1 Å². The van der Waals surface area contributed by atoms with Crippen LogP contribution in [0.1, 0.15) is 101 Å². The van der Waals surface area contributed by atoms with Crippen molar-refractivity contribution in [3.8, 4) is 6.07 Å². The van der Waals surface area contributed by atoms with Crippen LogP contribution in [0.15, 0.2) is 30.4 Å². The molecule has 0 heterocycles. The molecule has 1 aromatic carbocycles. The molecule has 3 saturated carbocycles. The zero-order chi connectivity index (χ0) is 20.9. The van der Waals surface area contributed by atoms with Crippen LogP contribution in [0.5, 0.6) is 0 Å². The van der Waals surface area contributed by atoms with E-state index in [0.29, 0.717) is 5.92 Å². The highest BCUT2D eigenvalue weighted by Crippen LogP contribution is 2.51. The summed E-state index contributed by atoms with van der Waals surface area (Å²) in [7, 11) is 0. The molecule has 1 aromatic rings. The number of fused-ring (bicyclic) bond motifs is 1. The standard InChI is InChI=1S/C28H38FN/c1-2-3-4-5-20-6-8-21(9-7-20)22-10-11-24-17-25(13-12-23(24)16-22)26-14-15-27(19-30)28(29)18-26/h2-3,14-15,18,20-25H,4-13,16-17H2,1H3/b3-2+. The molecule has 0 saturated heterocycles. The van der Waals surface area contributed by atoms with Gasteiger partial charge in [0.1, 0.15) is 11.9 Å². The van der Waals surface area contributed by atoms with Crippen molar-refractivity contribution in [2.45, 2.75) is 89.9 Å². The van der Waals surface area contributed by atoms with Crippen LogP contribution in [-0.4, -0.2) is 0 Å². The molecule has 4 atom stereocenters. The van der Waals surface area contributed by atoms with Gasteiger partial charge in [0.15, 0.2) is 0 Å². The quantitative estimate of drug-likeness (QED) is 0.452. The molecule has 1 nitrogen and oxygen atoms in total. The highest BCUT2D eigenvalue weighted by molar-refractivity contribution is 5.35. The lowest BCUT2D eigenvalue weighted by Gasteiger charge is -2.45. The highest BCUT2D eigenvalue weighted by atomic mass is 19.1. The van der Waals surface area contributed by atoms with Gasteiger partial charge >= 0.3 is 0 Å². The van der Waals surface area contributed by atoms with Gasteiger partial charge in [-0.25, -0.2) is 4.39 Å². The van der Waals surface area contributed by atoms with E-state index in [9.17, 15) is 4.39 Å². The van der Waals surface area contributed by atoms with Gasteiger partial charge in [0.2, 0.25) is 0 Å². The van der Waals surface area contributed by atoms with Crippen molar-refractivity contribution in [2.24, 2.45) is 29.6 Å². The molecule has 0 spiro atoms. The van der Waals surface area contributed by atoms with Crippen molar-refractivity contribution in [2.75, 3.05) is 0 Å². The third kappa shape index (κ3) is 4.99. The molecule has 3 aliphatic carbocycles. The maximum absolute atomic E-state index is 14.1. The molecule has 3 aliphatic rings. The zero-order valence-electron chi connectivity index (χ0n) is 18.7. The lowest BCUT2D eigenvalue weighted by atomic mass is 9.60. The van der Waals surface area contributed by atoms with Crippen molar-refractivity contribution in [3.05, 3.63) is 47.3 Å². The summed E-state index contributed by atoms with van der Waals surface area (Å²) in [5.41, 5.74) is 1.29. The van der Waals surface area contributed by atoms with E-state index in [4.69, 9.17) is 5.26 Å². The summed E-state index contributed by atoms with van der Waals surface area (Å²) in [5, 5.41) is 8.98. The van der Waals surface area contributed by atoms with Crippen molar-refractivity contribution >= 4 is 0 Å². The van der Waals surface area contributed by atoms with Gasteiger partial charge in [0.25, 0.3) is 0 Å². The van der Waals surface area contributed by atoms with Gasteiger partial charge in [-0.2, -0.15) is 5.26 Å². The van der Waals surface area contributed by atoms with Gasteiger partial charge in [0, 0.05) is 0 Å². The van der Waals surface area contributed by atoms with E-state index < -0.39 is 0 Å². The molecule has 0 aliphatic heterocycles. The van der Waals surface area contributed by atoms with Crippen molar-refractivity contribution in [1.29, 1.82) is 5.26 Å². The number of allylic oxidation sites excluding steroid dienone is 2. The SMILES string of the molecule is C/C=C/CCC1CCC(C2CCC3CC(c4ccc(C#N)c(F)c4)CCC3C2)CC1. The Morgan fingerprint density at radius 3 is 2.30 bits per heavy atom. The van der Waals surface area contributed by atoms with Crippen LogP contribution in [0.2, 0.25) is 0 Å². The van der Waals surface area contributed by atoms with E-state index in [0.717, 1.165) is 35.2 Å². The Labute approximate surface area is 182 Å². The minimum Gasteiger partial charge on any atom is -0.206 e. The molecule has 4 unspecified atom stereocenters. The Kier molecular flexibility index (Phi) is 7.29. The summed E-state index contributed by atoms with van der Waals surface area (Å²) in [6, 6.07) is 7.24. The minimum atomic E-state index is -0.345. The smallest absolute Gasteiger partial charge is 0.141 e. The predicted octanol–water partition coefficient (Wildman–Crippen LogP) is 8.16. The number of nitrogens with zero attached hydrogens (tertiary/aromatic N) is 1. The van der Waals surface area contributed by atoms with Crippen molar-refractivity contribution < 1.29 is 4.39 Å². The van der Waals surface area contributed by atoms with Gasteiger partial charge in [-0.3, -0.25) is 0 Å². The van der Waals surface area contributed by atoms with E-state index in [2.05, 4.69) is 19.1 Å². The average molecular weight is 408 g/mol. The Hall–Kier alpha value is -1.62. The van der Waals surface area contributed by atoms with Gasteiger partial charge in [-0.1, -0.05) is 31.1 Å². The summed E-state index contributed by atoms with van der Waals surface area (Å²) in [6.45, 7) is 2.13. The van der Waals surface area contributed by atoms with Gasteiger partial charge in [-0.05, 0) is 124 Å². The lowest BCUT2D eigenvalue weighted by Crippen LogP contribution is -2.34. The largest absolute Gasteiger partial charge is 0.206 e. The third-order valence-electron chi connectivity index (χ3n) is 8.77. The van der Waals surface area contributed by atoms with Crippen LogP contribution in [0.4, 0.5) is 4.39 Å². The highest BCUT2D eigenvalue weighted by Gasteiger charge is 2.39. The summed E-state index contributed by atoms with van der Waals surface area (Å²) < 4.78 is 14.1. The first-order valence-corrected chi connectivity index (χ1v) is 12.5. The van der Waals surface area contributed by atoms with Crippen LogP contribution >= 0.6 is 0 Å². The molecule has 3 fully saturated rings. The Morgan fingerprint density at radius 2 is 1.60 bits per heavy atom. The Morgan fingerprint density at radius 1 is 0.933 bits per heavy atom. The van der Waals surface area contributed by atoms with E-state index in [1.165, 1.54) is 77.0 Å². The maximum Gasteiger partial charge on any atom is 0.141 e. The predicted molar refractivity (Wildman–Crippen MR) is 122 cm³/mol. The normalized spacial score (nSPS) is 34.4. The zero-order valence-corrected chi connectivity index (χ0v) is 18.7. The second-order valence-corrected chi connectivity index (χ2v) is 10.4. The average Bonchev–Trinajstić information content (AvgIpc) is 2.79. The maximum atomic E-state index is 14.1. The molecule has 162 valence electrons. The number of halogens is 1. The fourth-order valence-corrected chi connectivity index (χ4v) is 6.98. The molecule has 0 N–H and O–H groups in total. The first kappa shape index (κ1) is 21.6. The molecular weight excluding hydrogens is 369 g/mol. The van der Waals surface area contributed by atoms with E-state index in [-0.39, 0.29) is 11.4 Å². The Bertz CT molecular complexity index is 767. The second kappa shape index (κ2) is 10.1. The molecule has 0 radical (unpaired) electrons. The first-order chi connectivity index (χ1) is 14.7. The van der Waals surface area contributed by atoms with E-state index in [1.54, 1.807) is 12.1 Å². The molecule has 2 heteroatoms. The fourth-order valence-electron chi connectivity index (χ4n) is 6.98. The van der Waals surface area contributed by atoms with Crippen LogP contribution < -0.4 is 0 Å².